The van der Waals surface area contributed by atoms with Gasteiger partial charge in [0, 0.05) is 6.20 Å². The molecule has 0 aliphatic heterocycles. The fraction of sp³-hybridized carbons (Fsp3) is 0.143. The van der Waals surface area contributed by atoms with E-state index in [1.54, 1.807) is 17.4 Å². The fourth-order valence-corrected chi connectivity index (χ4v) is 2.73. The molecule has 2 aromatic heterocycles. The number of urea groups is 1. The quantitative estimate of drug-likeness (QED) is 0.772. The van der Waals surface area contributed by atoms with E-state index in [1.165, 1.54) is 13.3 Å². The van der Waals surface area contributed by atoms with E-state index in [2.05, 4.69) is 25.6 Å². The van der Waals surface area contributed by atoms with Crippen molar-refractivity contribution in [2.24, 2.45) is 0 Å². The van der Waals surface area contributed by atoms with Gasteiger partial charge in [-0.05, 0) is 18.2 Å². The van der Waals surface area contributed by atoms with Gasteiger partial charge in [0.1, 0.15) is 10.8 Å². The standard InChI is InChI=1S/C14H13N5O2S/c1-21-14-15-7-6-11(19-14)18-13(20)16-8-12-17-9-4-2-3-5-10(9)22-12/h2-7H,8H2,1H3,(H2,15,16,18,19,20). The van der Waals surface area contributed by atoms with Gasteiger partial charge in [0.05, 0.1) is 23.9 Å². The highest BCUT2D eigenvalue weighted by Gasteiger charge is 2.07. The number of anilines is 1. The maximum absolute atomic E-state index is 11.9. The van der Waals surface area contributed by atoms with Crippen LogP contribution in [0.3, 0.4) is 0 Å². The summed E-state index contributed by atoms with van der Waals surface area (Å²) in [7, 11) is 1.46. The fourth-order valence-electron chi connectivity index (χ4n) is 1.82. The van der Waals surface area contributed by atoms with Crippen LogP contribution < -0.4 is 15.4 Å². The van der Waals surface area contributed by atoms with Crippen molar-refractivity contribution >= 4 is 33.4 Å². The van der Waals surface area contributed by atoms with Crippen LogP contribution in [0.1, 0.15) is 5.01 Å². The number of hydrogen-bond acceptors (Lipinski definition) is 6. The van der Waals surface area contributed by atoms with Crippen LogP contribution in [0.2, 0.25) is 0 Å². The van der Waals surface area contributed by atoms with Crippen molar-refractivity contribution in [3.05, 3.63) is 41.5 Å². The maximum Gasteiger partial charge on any atom is 0.320 e. The van der Waals surface area contributed by atoms with E-state index in [4.69, 9.17) is 4.74 Å². The lowest BCUT2D eigenvalue weighted by molar-refractivity contribution is 0.251. The third kappa shape index (κ3) is 3.29. The number of carbonyl (C=O) groups excluding carboxylic acids is 1. The zero-order valence-electron chi connectivity index (χ0n) is 11.7. The summed E-state index contributed by atoms with van der Waals surface area (Å²) in [6.45, 7) is 0.355. The third-order valence-electron chi connectivity index (χ3n) is 2.80. The molecule has 1 aromatic carbocycles. The van der Waals surface area contributed by atoms with Crippen molar-refractivity contribution in [3.63, 3.8) is 0 Å². The van der Waals surface area contributed by atoms with Gasteiger partial charge in [-0.2, -0.15) is 4.98 Å². The Morgan fingerprint density at radius 2 is 2.14 bits per heavy atom. The summed E-state index contributed by atoms with van der Waals surface area (Å²) < 4.78 is 5.99. The van der Waals surface area contributed by atoms with Crippen molar-refractivity contribution in [1.82, 2.24) is 20.3 Å². The lowest BCUT2D eigenvalue weighted by Crippen LogP contribution is -2.28. The number of carbonyl (C=O) groups is 1. The van der Waals surface area contributed by atoms with Gasteiger partial charge in [0.15, 0.2) is 0 Å². The van der Waals surface area contributed by atoms with Gasteiger partial charge in [0.2, 0.25) is 0 Å². The smallest absolute Gasteiger partial charge is 0.320 e. The Hall–Kier alpha value is -2.74. The second kappa shape index (κ2) is 6.35. The Morgan fingerprint density at radius 1 is 1.27 bits per heavy atom. The Kier molecular flexibility index (Phi) is 4.10. The number of methoxy groups -OCH3 is 1. The minimum absolute atomic E-state index is 0.198. The first-order valence-corrected chi connectivity index (χ1v) is 7.32. The van der Waals surface area contributed by atoms with Crippen LogP contribution in [0.5, 0.6) is 6.01 Å². The molecule has 2 amide bonds. The SMILES string of the molecule is COc1nccc(NC(=O)NCc2nc3ccccc3s2)n1. The summed E-state index contributed by atoms with van der Waals surface area (Å²) in [5, 5.41) is 6.20. The predicted octanol–water partition coefficient (Wildman–Crippen LogP) is 2.42. The molecule has 0 aliphatic carbocycles. The first-order chi connectivity index (χ1) is 10.7. The summed E-state index contributed by atoms with van der Waals surface area (Å²) >= 11 is 1.55. The Bertz CT molecular complexity index is 772. The lowest BCUT2D eigenvalue weighted by atomic mass is 10.3. The largest absolute Gasteiger partial charge is 0.467 e. The highest BCUT2D eigenvalue weighted by molar-refractivity contribution is 7.18. The average molecular weight is 315 g/mol. The number of nitrogens with one attached hydrogen (secondary N) is 2. The van der Waals surface area contributed by atoms with Crippen LogP contribution in [0, 0.1) is 0 Å². The molecule has 3 rings (SSSR count). The third-order valence-corrected chi connectivity index (χ3v) is 3.83. The molecule has 0 saturated carbocycles. The highest BCUT2D eigenvalue weighted by atomic mass is 32.1. The number of nitrogens with zero attached hydrogens (tertiary/aromatic N) is 3. The highest BCUT2D eigenvalue weighted by Crippen LogP contribution is 2.21. The zero-order chi connectivity index (χ0) is 15.4. The minimum Gasteiger partial charge on any atom is -0.467 e. The number of aromatic nitrogens is 3. The number of benzene rings is 1. The monoisotopic (exact) mass is 315 g/mol. The number of thiazole rings is 1. The molecule has 22 heavy (non-hydrogen) atoms. The van der Waals surface area contributed by atoms with Crippen LogP contribution in [-0.2, 0) is 6.54 Å². The first-order valence-electron chi connectivity index (χ1n) is 6.51. The molecule has 8 heteroatoms. The maximum atomic E-state index is 11.9. The summed E-state index contributed by atoms with van der Waals surface area (Å²) in [4.78, 5) is 24.2. The van der Waals surface area contributed by atoms with E-state index >= 15 is 0 Å². The number of hydrogen-bond donors (Lipinski definition) is 2. The first kappa shape index (κ1) is 14.2. The van der Waals surface area contributed by atoms with Crippen LogP contribution in [0.4, 0.5) is 10.6 Å². The van der Waals surface area contributed by atoms with Crippen molar-refractivity contribution in [1.29, 1.82) is 0 Å². The Labute approximate surface area is 130 Å². The van der Waals surface area contributed by atoms with Gasteiger partial charge in [0.25, 0.3) is 0 Å². The molecule has 0 aliphatic rings. The van der Waals surface area contributed by atoms with Crippen molar-refractivity contribution in [3.8, 4) is 6.01 Å². The van der Waals surface area contributed by atoms with Crippen LogP contribution in [0.15, 0.2) is 36.5 Å². The molecule has 0 fully saturated rings. The molecule has 0 atom stereocenters. The van der Waals surface area contributed by atoms with Crippen molar-refractivity contribution < 1.29 is 9.53 Å². The van der Waals surface area contributed by atoms with Crippen molar-refractivity contribution in [2.75, 3.05) is 12.4 Å². The number of ether oxygens (including phenoxy) is 1. The summed E-state index contributed by atoms with van der Waals surface area (Å²) in [6, 6.07) is 9.28. The number of amides is 2. The number of fused-ring (bicyclic) bond motifs is 1. The van der Waals surface area contributed by atoms with Crippen LogP contribution in [-0.4, -0.2) is 28.1 Å². The lowest BCUT2D eigenvalue weighted by Gasteiger charge is -2.06. The average Bonchev–Trinajstić information content (AvgIpc) is 2.96. The van der Waals surface area contributed by atoms with E-state index in [0.717, 1.165) is 15.2 Å². The van der Waals surface area contributed by atoms with E-state index in [1.807, 2.05) is 24.3 Å². The molecular weight excluding hydrogens is 302 g/mol. The van der Waals surface area contributed by atoms with E-state index in [9.17, 15) is 4.79 Å². The normalized spacial score (nSPS) is 10.4. The van der Waals surface area contributed by atoms with Gasteiger partial charge in [-0.25, -0.2) is 14.8 Å². The molecular formula is C14H13N5O2S. The number of rotatable bonds is 4. The van der Waals surface area contributed by atoms with Gasteiger partial charge in [-0.1, -0.05) is 12.1 Å². The summed E-state index contributed by atoms with van der Waals surface area (Å²) in [5.74, 6) is 0.369. The second-order valence-electron chi connectivity index (χ2n) is 4.31. The van der Waals surface area contributed by atoms with Crippen LogP contribution >= 0.6 is 11.3 Å². The van der Waals surface area contributed by atoms with Gasteiger partial charge < -0.3 is 10.1 Å². The van der Waals surface area contributed by atoms with E-state index in [-0.39, 0.29) is 12.0 Å². The van der Waals surface area contributed by atoms with E-state index < -0.39 is 0 Å². The zero-order valence-corrected chi connectivity index (χ0v) is 12.6. The summed E-state index contributed by atoms with van der Waals surface area (Å²) in [5.41, 5.74) is 0.935. The molecule has 0 unspecified atom stereocenters. The molecule has 0 bridgehead atoms. The molecule has 7 nitrogen and oxygen atoms in total. The van der Waals surface area contributed by atoms with Gasteiger partial charge in [-0.3, -0.25) is 5.32 Å². The molecule has 3 aromatic rings. The second-order valence-corrected chi connectivity index (χ2v) is 5.43. The predicted molar refractivity (Wildman–Crippen MR) is 84.1 cm³/mol. The molecule has 112 valence electrons. The number of para-hydroxylation sites is 1. The van der Waals surface area contributed by atoms with E-state index in [0.29, 0.717) is 12.4 Å². The molecule has 0 radical (unpaired) electrons. The minimum atomic E-state index is -0.361. The summed E-state index contributed by atoms with van der Waals surface area (Å²) in [6.07, 6.45) is 1.51. The molecule has 0 saturated heterocycles. The molecule has 2 N–H and O–H groups in total. The van der Waals surface area contributed by atoms with Crippen molar-refractivity contribution in [2.45, 2.75) is 6.54 Å². The molecule has 2 heterocycles. The topological polar surface area (TPSA) is 89.0 Å². The Balaban J connectivity index is 1.59. The van der Waals surface area contributed by atoms with Gasteiger partial charge in [-0.15, -0.1) is 11.3 Å². The van der Waals surface area contributed by atoms with Gasteiger partial charge >= 0.3 is 12.0 Å². The Morgan fingerprint density at radius 3 is 2.95 bits per heavy atom. The van der Waals surface area contributed by atoms with Crippen LogP contribution in [0.25, 0.3) is 10.2 Å². The molecule has 0 spiro atoms.